The smallest absolute Gasteiger partial charge is 0.327 e. The SMILES string of the molecule is CCOC(=O)C1CCN(C(=O)NS)CC1. The molecule has 1 aliphatic heterocycles. The molecular weight excluding hydrogens is 216 g/mol. The molecule has 1 heterocycles. The Morgan fingerprint density at radius 3 is 2.53 bits per heavy atom. The number of hydrogen-bond acceptors (Lipinski definition) is 4. The minimum Gasteiger partial charge on any atom is -0.466 e. The third kappa shape index (κ3) is 3.30. The molecule has 0 aliphatic carbocycles. The van der Waals surface area contributed by atoms with Crippen LogP contribution in [-0.2, 0) is 9.53 Å². The van der Waals surface area contributed by atoms with Gasteiger partial charge in [0, 0.05) is 13.1 Å². The lowest BCUT2D eigenvalue weighted by Crippen LogP contribution is -2.43. The van der Waals surface area contributed by atoms with Gasteiger partial charge in [-0.3, -0.25) is 9.52 Å². The monoisotopic (exact) mass is 232 g/mol. The number of hydrogen-bond donors (Lipinski definition) is 2. The molecule has 1 fully saturated rings. The first-order chi connectivity index (χ1) is 7.19. The lowest BCUT2D eigenvalue weighted by atomic mass is 9.97. The molecule has 86 valence electrons. The summed E-state index contributed by atoms with van der Waals surface area (Å²) in [6.45, 7) is 3.36. The molecule has 6 heteroatoms. The first-order valence-corrected chi connectivity index (χ1v) is 5.49. The number of carbonyl (C=O) groups is 2. The standard InChI is InChI=1S/C9H16N2O3S/c1-2-14-8(12)7-3-5-11(6-4-7)9(13)10-15/h7,15H,2-6H2,1H3,(H,10,13). The molecule has 0 aromatic carbocycles. The highest BCUT2D eigenvalue weighted by Gasteiger charge is 2.27. The second kappa shape index (κ2) is 5.85. The zero-order valence-electron chi connectivity index (χ0n) is 8.73. The van der Waals surface area contributed by atoms with Crippen molar-refractivity contribution in [2.75, 3.05) is 19.7 Å². The summed E-state index contributed by atoms with van der Waals surface area (Å²) in [6.07, 6.45) is 1.33. The maximum atomic E-state index is 11.4. The Kier molecular flexibility index (Phi) is 4.74. The first kappa shape index (κ1) is 12.2. The lowest BCUT2D eigenvalue weighted by molar-refractivity contribution is -0.149. The van der Waals surface area contributed by atoms with Crippen LogP contribution in [0.15, 0.2) is 0 Å². The second-order valence-electron chi connectivity index (χ2n) is 3.43. The molecule has 5 nitrogen and oxygen atoms in total. The summed E-state index contributed by atoms with van der Waals surface area (Å²) in [4.78, 5) is 24.2. The molecule has 0 aromatic heterocycles. The van der Waals surface area contributed by atoms with E-state index in [1.54, 1.807) is 11.8 Å². The van der Waals surface area contributed by atoms with Crippen molar-refractivity contribution in [3.05, 3.63) is 0 Å². The van der Waals surface area contributed by atoms with E-state index in [2.05, 4.69) is 17.5 Å². The van der Waals surface area contributed by atoms with Crippen LogP contribution in [0.4, 0.5) is 4.79 Å². The van der Waals surface area contributed by atoms with Gasteiger partial charge in [0.25, 0.3) is 0 Å². The van der Waals surface area contributed by atoms with Gasteiger partial charge in [0.05, 0.1) is 12.5 Å². The molecule has 0 saturated carbocycles. The van der Waals surface area contributed by atoms with E-state index < -0.39 is 0 Å². The van der Waals surface area contributed by atoms with Crippen molar-refractivity contribution in [3.63, 3.8) is 0 Å². The topological polar surface area (TPSA) is 58.6 Å². The zero-order chi connectivity index (χ0) is 11.3. The number of piperidine rings is 1. The second-order valence-corrected chi connectivity index (χ2v) is 3.65. The molecule has 0 spiro atoms. The number of ether oxygens (including phenoxy) is 1. The summed E-state index contributed by atoms with van der Waals surface area (Å²) in [7, 11) is 0. The molecule has 0 unspecified atom stereocenters. The molecule has 0 radical (unpaired) electrons. The third-order valence-corrected chi connectivity index (χ3v) is 2.69. The number of amides is 2. The summed E-state index contributed by atoms with van der Waals surface area (Å²) >= 11 is 3.69. The van der Waals surface area contributed by atoms with Gasteiger partial charge in [-0.1, -0.05) is 12.8 Å². The number of nitrogens with one attached hydrogen (secondary N) is 1. The zero-order valence-corrected chi connectivity index (χ0v) is 9.63. The van der Waals surface area contributed by atoms with Crippen molar-refractivity contribution in [3.8, 4) is 0 Å². The number of thiol groups is 1. The van der Waals surface area contributed by atoms with Crippen LogP contribution in [0, 0.1) is 5.92 Å². The molecule has 1 rings (SSSR count). The van der Waals surface area contributed by atoms with Crippen molar-refractivity contribution in [2.24, 2.45) is 5.92 Å². The minimum absolute atomic E-state index is 0.0612. The fourth-order valence-corrected chi connectivity index (χ4v) is 1.79. The largest absolute Gasteiger partial charge is 0.466 e. The Balaban J connectivity index is 2.35. The Bertz CT molecular complexity index is 240. The summed E-state index contributed by atoms with van der Waals surface area (Å²) in [5, 5.41) is 0. The number of rotatable bonds is 2. The van der Waals surface area contributed by atoms with Gasteiger partial charge in [0.1, 0.15) is 0 Å². The van der Waals surface area contributed by atoms with E-state index in [4.69, 9.17) is 4.74 Å². The normalized spacial score (nSPS) is 17.3. The predicted octanol–water partition coefficient (Wildman–Crippen LogP) is 0.816. The van der Waals surface area contributed by atoms with Crippen LogP contribution in [0.3, 0.4) is 0 Å². The number of carbonyl (C=O) groups excluding carboxylic acids is 2. The van der Waals surface area contributed by atoms with Crippen LogP contribution in [0.2, 0.25) is 0 Å². The van der Waals surface area contributed by atoms with Gasteiger partial charge in [-0.25, -0.2) is 4.79 Å². The van der Waals surface area contributed by atoms with Crippen LogP contribution in [0.1, 0.15) is 19.8 Å². The number of esters is 1. The maximum absolute atomic E-state index is 11.4. The van der Waals surface area contributed by atoms with Gasteiger partial charge in [-0.15, -0.1) is 0 Å². The van der Waals surface area contributed by atoms with Crippen molar-refractivity contribution >= 4 is 24.8 Å². The predicted molar refractivity (Wildman–Crippen MR) is 58.4 cm³/mol. The molecule has 15 heavy (non-hydrogen) atoms. The van der Waals surface area contributed by atoms with Crippen LogP contribution in [-0.4, -0.2) is 36.6 Å². The Morgan fingerprint density at radius 1 is 1.47 bits per heavy atom. The molecular formula is C9H16N2O3S. The van der Waals surface area contributed by atoms with E-state index in [9.17, 15) is 9.59 Å². The van der Waals surface area contributed by atoms with Crippen LogP contribution in [0.5, 0.6) is 0 Å². The number of urea groups is 1. The minimum atomic E-state index is -0.208. The van der Waals surface area contributed by atoms with Gasteiger partial charge in [-0.2, -0.15) is 0 Å². The summed E-state index contributed by atoms with van der Waals surface area (Å²) in [5.41, 5.74) is 0. The molecule has 0 atom stereocenters. The fraction of sp³-hybridized carbons (Fsp3) is 0.778. The summed E-state index contributed by atoms with van der Waals surface area (Å²) in [5.74, 6) is -0.211. The average molecular weight is 232 g/mol. The van der Waals surface area contributed by atoms with Gasteiger partial charge >= 0.3 is 12.0 Å². The van der Waals surface area contributed by atoms with Crippen LogP contribution < -0.4 is 4.72 Å². The Labute approximate surface area is 94.7 Å². The van der Waals surface area contributed by atoms with E-state index in [1.165, 1.54) is 0 Å². The van der Waals surface area contributed by atoms with E-state index >= 15 is 0 Å². The fourth-order valence-electron chi connectivity index (χ4n) is 1.65. The van der Waals surface area contributed by atoms with Crippen molar-refractivity contribution < 1.29 is 14.3 Å². The van der Waals surface area contributed by atoms with Crippen molar-refractivity contribution in [1.29, 1.82) is 0 Å². The molecule has 0 bridgehead atoms. The van der Waals surface area contributed by atoms with E-state index in [-0.39, 0.29) is 17.9 Å². The maximum Gasteiger partial charge on any atom is 0.327 e. The first-order valence-electron chi connectivity index (χ1n) is 5.04. The van der Waals surface area contributed by atoms with Gasteiger partial charge in [-0.05, 0) is 19.8 Å². The highest BCUT2D eigenvalue weighted by molar-refractivity contribution is 7.78. The Morgan fingerprint density at radius 2 is 2.07 bits per heavy atom. The highest BCUT2D eigenvalue weighted by Crippen LogP contribution is 2.18. The quantitative estimate of drug-likeness (QED) is 0.547. The number of likely N-dealkylation sites (tertiary alicyclic amines) is 1. The van der Waals surface area contributed by atoms with Gasteiger partial charge in [0.15, 0.2) is 0 Å². The summed E-state index contributed by atoms with van der Waals surface area (Å²) < 4.78 is 7.20. The molecule has 0 aromatic rings. The van der Waals surface area contributed by atoms with E-state index in [0.29, 0.717) is 32.5 Å². The molecule has 2 amide bonds. The van der Waals surface area contributed by atoms with Crippen molar-refractivity contribution in [2.45, 2.75) is 19.8 Å². The Hall–Kier alpha value is -0.910. The average Bonchev–Trinajstić information content (AvgIpc) is 2.28. The summed E-state index contributed by atoms with van der Waals surface area (Å²) in [6, 6.07) is -0.208. The third-order valence-electron chi connectivity index (χ3n) is 2.50. The lowest BCUT2D eigenvalue weighted by Gasteiger charge is -2.30. The highest BCUT2D eigenvalue weighted by atomic mass is 32.1. The molecule has 1 saturated heterocycles. The van der Waals surface area contributed by atoms with Gasteiger partial charge in [0.2, 0.25) is 0 Å². The molecule has 1 N–H and O–H groups in total. The van der Waals surface area contributed by atoms with E-state index in [0.717, 1.165) is 0 Å². The van der Waals surface area contributed by atoms with Crippen molar-refractivity contribution in [1.82, 2.24) is 9.62 Å². The van der Waals surface area contributed by atoms with Crippen LogP contribution >= 0.6 is 12.8 Å². The number of nitrogens with zero attached hydrogens (tertiary/aromatic N) is 1. The van der Waals surface area contributed by atoms with Gasteiger partial charge < -0.3 is 9.64 Å². The van der Waals surface area contributed by atoms with E-state index in [1.807, 2.05) is 0 Å². The molecule has 1 aliphatic rings. The van der Waals surface area contributed by atoms with Crippen LogP contribution in [0.25, 0.3) is 0 Å².